The molecule has 1 saturated heterocycles. The van der Waals surface area contributed by atoms with Crippen molar-refractivity contribution in [3.05, 3.63) is 51.7 Å². The molecule has 1 aromatic carbocycles. The Bertz CT molecular complexity index is 884. The number of hydrogen-bond acceptors (Lipinski definition) is 7. The van der Waals surface area contributed by atoms with Crippen molar-refractivity contribution in [3.63, 3.8) is 0 Å². The smallest absolute Gasteiger partial charge is 0.286 e. The maximum Gasteiger partial charge on any atom is 0.286 e. The number of amides is 1. The second-order valence-electron chi connectivity index (χ2n) is 6.43. The SMILES string of the molecule is COc1cc(C(=O)N2CCC(Oc3ccc(C)cn3)C2)c([N+](=O)[O-])cc1OC. The minimum absolute atomic E-state index is 0.0447. The third-order valence-corrected chi connectivity index (χ3v) is 4.53. The number of methoxy groups -OCH3 is 2. The molecular formula is C19H21N3O6. The second kappa shape index (κ2) is 8.12. The Morgan fingerprint density at radius 1 is 1.25 bits per heavy atom. The number of nitro benzene ring substituents is 1. The van der Waals surface area contributed by atoms with Gasteiger partial charge in [0.05, 0.1) is 31.8 Å². The zero-order chi connectivity index (χ0) is 20.3. The summed E-state index contributed by atoms with van der Waals surface area (Å²) in [4.78, 5) is 29.5. The van der Waals surface area contributed by atoms with Gasteiger partial charge in [0.1, 0.15) is 11.7 Å². The van der Waals surface area contributed by atoms with Crippen molar-refractivity contribution in [1.82, 2.24) is 9.88 Å². The molecule has 0 aliphatic carbocycles. The molecule has 1 aliphatic heterocycles. The number of carbonyl (C=O) groups is 1. The lowest BCUT2D eigenvalue weighted by atomic mass is 10.1. The minimum atomic E-state index is -0.602. The first-order valence-corrected chi connectivity index (χ1v) is 8.72. The van der Waals surface area contributed by atoms with Crippen LogP contribution < -0.4 is 14.2 Å². The first-order valence-electron chi connectivity index (χ1n) is 8.72. The zero-order valence-electron chi connectivity index (χ0n) is 15.9. The highest BCUT2D eigenvalue weighted by Crippen LogP contribution is 2.35. The number of pyridine rings is 1. The number of ether oxygens (including phenoxy) is 3. The Kier molecular flexibility index (Phi) is 5.62. The molecule has 0 saturated carbocycles. The summed E-state index contributed by atoms with van der Waals surface area (Å²) in [7, 11) is 2.79. The van der Waals surface area contributed by atoms with Crippen LogP contribution in [0.3, 0.4) is 0 Å². The predicted octanol–water partition coefficient (Wildman–Crippen LogP) is 2.61. The van der Waals surface area contributed by atoms with Crippen molar-refractivity contribution < 1.29 is 23.9 Å². The first kappa shape index (κ1) is 19.4. The summed E-state index contributed by atoms with van der Waals surface area (Å²) in [5, 5.41) is 11.4. The van der Waals surface area contributed by atoms with Gasteiger partial charge in [0.15, 0.2) is 11.5 Å². The molecule has 1 amide bonds. The monoisotopic (exact) mass is 387 g/mol. The van der Waals surface area contributed by atoms with E-state index in [1.165, 1.54) is 31.3 Å². The van der Waals surface area contributed by atoms with E-state index in [0.29, 0.717) is 25.4 Å². The average Bonchev–Trinajstić information content (AvgIpc) is 3.16. The Morgan fingerprint density at radius 3 is 2.57 bits per heavy atom. The summed E-state index contributed by atoms with van der Waals surface area (Å²) < 4.78 is 16.1. The number of hydrogen-bond donors (Lipinski definition) is 0. The first-order chi connectivity index (χ1) is 13.4. The minimum Gasteiger partial charge on any atom is -0.493 e. The highest BCUT2D eigenvalue weighted by Gasteiger charge is 2.33. The highest BCUT2D eigenvalue weighted by molar-refractivity contribution is 5.99. The van der Waals surface area contributed by atoms with Gasteiger partial charge in [-0.3, -0.25) is 14.9 Å². The van der Waals surface area contributed by atoms with Crippen LogP contribution in [0.5, 0.6) is 17.4 Å². The Balaban J connectivity index is 1.78. The third kappa shape index (κ3) is 3.98. The van der Waals surface area contributed by atoms with Crippen molar-refractivity contribution in [2.45, 2.75) is 19.4 Å². The number of nitrogens with zero attached hydrogens (tertiary/aromatic N) is 3. The molecule has 9 nitrogen and oxygen atoms in total. The molecule has 28 heavy (non-hydrogen) atoms. The van der Waals surface area contributed by atoms with Crippen LogP contribution >= 0.6 is 0 Å². The molecule has 0 bridgehead atoms. The number of rotatable bonds is 6. The molecule has 1 atom stereocenters. The summed E-state index contributed by atoms with van der Waals surface area (Å²) in [6.45, 7) is 2.68. The van der Waals surface area contributed by atoms with Crippen molar-refractivity contribution >= 4 is 11.6 Å². The van der Waals surface area contributed by atoms with Crippen LogP contribution in [-0.4, -0.2) is 54.1 Å². The molecule has 9 heteroatoms. The van der Waals surface area contributed by atoms with E-state index in [1.807, 2.05) is 13.0 Å². The van der Waals surface area contributed by atoms with Crippen LogP contribution in [0, 0.1) is 17.0 Å². The van der Waals surface area contributed by atoms with Gasteiger partial charge in [-0.05, 0) is 12.5 Å². The van der Waals surface area contributed by atoms with E-state index in [-0.39, 0.29) is 28.9 Å². The quantitative estimate of drug-likeness (QED) is 0.554. The van der Waals surface area contributed by atoms with Crippen LogP contribution in [0.4, 0.5) is 5.69 Å². The number of aromatic nitrogens is 1. The topological polar surface area (TPSA) is 104 Å². The molecule has 1 fully saturated rings. The van der Waals surface area contributed by atoms with E-state index in [9.17, 15) is 14.9 Å². The van der Waals surface area contributed by atoms with E-state index in [1.54, 1.807) is 12.3 Å². The second-order valence-corrected chi connectivity index (χ2v) is 6.43. The summed E-state index contributed by atoms with van der Waals surface area (Å²) in [6, 6.07) is 6.22. The normalized spacial score (nSPS) is 16.0. The lowest BCUT2D eigenvalue weighted by molar-refractivity contribution is -0.385. The number of benzene rings is 1. The van der Waals surface area contributed by atoms with Gasteiger partial charge < -0.3 is 19.1 Å². The van der Waals surface area contributed by atoms with Gasteiger partial charge in [-0.25, -0.2) is 4.98 Å². The van der Waals surface area contributed by atoms with E-state index in [0.717, 1.165) is 5.56 Å². The summed E-state index contributed by atoms with van der Waals surface area (Å²) >= 11 is 0. The molecule has 2 aromatic rings. The van der Waals surface area contributed by atoms with E-state index >= 15 is 0 Å². The Morgan fingerprint density at radius 2 is 1.96 bits per heavy atom. The fourth-order valence-corrected chi connectivity index (χ4v) is 3.06. The van der Waals surface area contributed by atoms with Gasteiger partial charge in [-0.2, -0.15) is 0 Å². The van der Waals surface area contributed by atoms with Gasteiger partial charge in [-0.1, -0.05) is 6.07 Å². The zero-order valence-corrected chi connectivity index (χ0v) is 15.9. The molecule has 0 N–H and O–H groups in total. The lowest BCUT2D eigenvalue weighted by Gasteiger charge is -2.18. The van der Waals surface area contributed by atoms with Gasteiger partial charge >= 0.3 is 0 Å². The predicted molar refractivity (Wildman–Crippen MR) is 100 cm³/mol. The fourth-order valence-electron chi connectivity index (χ4n) is 3.06. The van der Waals surface area contributed by atoms with Crippen LogP contribution in [0.1, 0.15) is 22.3 Å². The summed E-state index contributed by atoms with van der Waals surface area (Å²) in [6.07, 6.45) is 2.10. The van der Waals surface area contributed by atoms with Crippen LogP contribution in [0.2, 0.25) is 0 Å². The van der Waals surface area contributed by atoms with Crippen molar-refractivity contribution in [3.8, 4) is 17.4 Å². The maximum atomic E-state index is 12.9. The van der Waals surface area contributed by atoms with Gasteiger partial charge in [0, 0.05) is 31.3 Å². The molecule has 0 radical (unpaired) electrons. The molecular weight excluding hydrogens is 366 g/mol. The summed E-state index contributed by atoms with van der Waals surface area (Å²) in [5.41, 5.74) is 0.653. The van der Waals surface area contributed by atoms with Crippen molar-refractivity contribution in [2.24, 2.45) is 0 Å². The van der Waals surface area contributed by atoms with Gasteiger partial charge in [0.2, 0.25) is 5.88 Å². The molecule has 1 aromatic heterocycles. The van der Waals surface area contributed by atoms with E-state index in [2.05, 4.69) is 4.98 Å². The average molecular weight is 387 g/mol. The van der Waals surface area contributed by atoms with Crippen LogP contribution in [0.15, 0.2) is 30.5 Å². The van der Waals surface area contributed by atoms with Crippen molar-refractivity contribution in [2.75, 3.05) is 27.3 Å². The summed E-state index contributed by atoms with van der Waals surface area (Å²) in [5.74, 6) is 0.490. The molecule has 1 unspecified atom stereocenters. The fraction of sp³-hybridized carbons (Fsp3) is 0.368. The Hall–Kier alpha value is -3.36. The number of nitro groups is 1. The molecule has 2 heterocycles. The third-order valence-electron chi connectivity index (χ3n) is 4.53. The molecule has 1 aliphatic rings. The molecule has 0 spiro atoms. The Labute approximate surface area is 162 Å². The van der Waals surface area contributed by atoms with Crippen molar-refractivity contribution in [1.29, 1.82) is 0 Å². The lowest BCUT2D eigenvalue weighted by Crippen LogP contribution is -2.31. The van der Waals surface area contributed by atoms with Gasteiger partial charge in [0.25, 0.3) is 11.6 Å². The standard InChI is InChI=1S/C19H21N3O6/c1-12-4-5-18(20-10-12)28-13-6-7-21(11-13)19(23)14-8-16(26-2)17(27-3)9-15(14)22(24)25/h4-5,8-10,13H,6-7,11H2,1-3H3. The van der Waals surface area contributed by atoms with Crippen LogP contribution in [-0.2, 0) is 0 Å². The number of likely N-dealkylation sites (tertiary alicyclic amines) is 1. The largest absolute Gasteiger partial charge is 0.493 e. The highest BCUT2D eigenvalue weighted by atomic mass is 16.6. The number of aryl methyl sites for hydroxylation is 1. The number of carbonyl (C=O) groups excluding carboxylic acids is 1. The van der Waals surface area contributed by atoms with Gasteiger partial charge in [-0.15, -0.1) is 0 Å². The van der Waals surface area contributed by atoms with Crippen LogP contribution in [0.25, 0.3) is 0 Å². The maximum absolute atomic E-state index is 12.9. The van der Waals surface area contributed by atoms with E-state index < -0.39 is 10.8 Å². The molecule has 148 valence electrons. The van der Waals surface area contributed by atoms with E-state index in [4.69, 9.17) is 14.2 Å². The molecule has 3 rings (SSSR count).